The molecule has 3 N–H and O–H groups in total. The van der Waals surface area contributed by atoms with Gasteiger partial charge in [-0.3, -0.25) is 0 Å². The first-order chi connectivity index (χ1) is 4.74. The van der Waals surface area contributed by atoms with Gasteiger partial charge in [-0.2, -0.15) is 0 Å². The first-order valence-corrected chi connectivity index (χ1v) is 3.20. The van der Waals surface area contributed by atoms with E-state index in [1.54, 1.807) is 0 Å². The minimum absolute atomic E-state index is 0. The number of aliphatic hydroxyl groups excluding tert-OH is 1. The SMILES string of the molecule is Cc1ccc(CO)c(N)c1.Cl. The van der Waals surface area contributed by atoms with Gasteiger partial charge in [-0.1, -0.05) is 12.1 Å². The Balaban J connectivity index is 0.000001000. The highest BCUT2D eigenvalue weighted by Crippen LogP contribution is 2.12. The molecule has 1 rings (SSSR count). The van der Waals surface area contributed by atoms with E-state index in [1.807, 2.05) is 25.1 Å². The van der Waals surface area contributed by atoms with Crippen molar-refractivity contribution >= 4 is 18.1 Å². The van der Waals surface area contributed by atoms with Crippen molar-refractivity contribution in [2.75, 3.05) is 5.73 Å². The maximum Gasteiger partial charge on any atom is 0.0701 e. The number of hydrogen-bond donors (Lipinski definition) is 2. The van der Waals surface area contributed by atoms with Gasteiger partial charge in [-0.25, -0.2) is 0 Å². The Kier molecular flexibility index (Phi) is 3.93. The monoisotopic (exact) mass is 173 g/mol. The zero-order chi connectivity index (χ0) is 7.56. The number of nitrogen functional groups attached to an aromatic ring is 1. The Bertz CT molecular complexity index is 238. The van der Waals surface area contributed by atoms with Gasteiger partial charge in [0.15, 0.2) is 0 Å². The predicted octanol–water partition coefficient (Wildman–Crippen LogP) is 1.49. The molecule has 1 aromatic carbocycles. The van der Waals surface area contributed by atoms with Crippen LogP contribution in [0.2, 0.25) is 0 Å². The van der Waals surface area contributed by atoms with Gasteiger partial charge >= 0.3 is 0 Å². The minimum Gasteiger partial charge on any atom is -0.398 e. The molecular weight excluding hydrogens is 162 g/mol. The smallest absolute Gasteiger partial charge is 0.0701 e. The average Bonchev–Trinajstić information content (AvgIpc) is 1.88. The number of aryl methyl sites for hydroxylation is 1. The zero-order valence-corrected chi connectivity index (χ0v) is 7.19. The molecule has 0 aromatic heterocycles. The molecule has 0 heterocycles. The topological polar surface area (TPSA) is 46.2 Å². The Morgan fingerprint density at radius 2 is 2.09 bits per heavy atom. The lowest BCUT2D eigenvalue weighted by Crippen LogP contribution is -1.93. The Morgan fingerprint density at radius 1 is 1.45 bits per heavy atom. The molecule has 0 aliphatic rings. The molecular formula is C8H12ClNO. The summed E-state index contributed by atoms with van der Waals surface area (Å²) in [5.41, 5.74) is 8.16. The van der Waals surface area contributed by atoms with E-state index in [2.05, 4.69) is 0 Å². The second-order valence-corrected chi connectivity index (χ2v) is 2.36. The van der Waals surface area contributed by atoms with Gasteiger partial charge in [-0.05, 0) is 18.6 Å². The average molecular weight is 174 g/mol. The quantitative estimate of drug-likeness (QED) is 0.633. The summed E-state index contributed by atoms with van der Waals surface area (Å²) >= 11 is 0. The van der Waals surface area contributed by atoms with Crippen molar-refractivity contribution in [3.8, 4) is 0 Å². The third-order valence-electron chi connectivity index (χ3n) is 1.47. The van der Waals surface area contributed by atoms with E-state index in [-0.39, 0.29) is 19.0 Å². The summed E-state index contributed by atoms with van der Waals surface area (Å²) in [6.45, 7) is 1.99. The molecule has 0 radical (unpaired) electrons. The van der Waals surface area contributed by atoms with E-state index >= 15 is 0 Å². The lowest BCUT2D eigenvalue weighted by atomic mass is 10.1. The summed E-state index contributed by atoms with van der Waals surface area (Å²) in [6, 6.07) is 5.62. The fraction of sp³-hybridized carbons (Fsp3) is 0.250. The Hall–Kier alpha value is -0.730. The molecule has 0 saturated carbocycles. The largest absolute Gasteiger partial charge is 0.398 e. The van der Waals surface area contributed by atoms with Crippen molar-refractivity contribution in [3.63, 3.8) is 0 Å². The number of rotatable bonds is 1. The third-order valence-corrected chi connectivity index (χ3v) is 1.47. The summed E-state index contributed by atoms with van der Waals surface area (Å²) in [5, 5.41) is 8.73. The number of benzene rings is 1. The molecule has 0 spiro atoms. The summed E-state index contributed by atoms with van der Waals surface area (Å²) in [7, 11) is 0. The van der Waals surface area contributed by atoms with Crippen LogP contribution in [0, 0.1) is 6.92 Å². The fourth-order valence-corrected chi connectivity index (χ4v) is 0.858. The van der Waals surface area contributed by atoms with Gasteiger partial charge in [0, 0.05) is 11.3 Å². The highest BCUT2D eigenvalue weighted by atomic mass is 35.5. The van der Waals surface area contributed by atoms with Gasteiger partial charge in [0.25, 0.3) is 0 Å². The van der Waals surface area contributed by atoms with E-state index in [4.69, 9.17) is 10.8 Å². The number of halogens is 1. The Labute approximate surface area is 72.4 Å². The summed E-state index contributed by atoms with van der Waals surface area (Å²) in [5.74, 6) is 0. The van der Waals surface area contributed by atoms with Crippen molar-refractivity contribution in [2.24, 2.45) is 0 Å². The van der Waals surface area contributed by atoms with E-state index in [9.17, 15) is 0 Å². The van der Waals surface area contributed by atoms with Gasteiger partial charge < -0.3 is 10.8 Å². The first kappa shape index (κ1) is 10.3. The highest BCUT2D eigenvalue weighted by molar-refractivity contribution is 5.85. The molecule has 2 nitrogen and oxygen atoms in total. The maximum atomic E-state index is 8.73. The molecule has 0 aliphatic heterocycles. The molecule has 0 aliphatic carbocycles. The zero-order valence-electron chi connectivity index (χ0n) is 6.37. The van der Waals surface area contributed by atoms with Crippen LogP contribution >= 0.6 is 12.4 Å². The number of hydrogen-bond acceptors (Lipinski definition) is 2. The normalized spacial score (nSPS) is 8.91. The van der Waals surface area contributed by atoms with Crippen molar-refractivity contribution in [1.82, 2.24) is 0 Å². The van der Waals surface area contributed by atoms with Crippen molar-refractivity contribution < 1.29 is 5.11 Å². The van der Waals surface area contributed by atoms with Crippen LogP contribution in [0.1, 0.15) is 11.1 Å². The van der Waals surface area contributed by atoms with Crippen LogP contribution in [-0.2, 0) is 6.61 Å². The molecule has 3 heteroatoms. The van der Waals surface area contributed by atoms with Gasteiger partial charge in [0.2, 0.25) is 0 Å². The standard InChI is InChI=1S/C8H11NO.ClH/c1-6-2-3-7(5-10)8(9)4-6;/h2-4,10H,5,9H2,1H3;1H. The van der Waals surface area contributed by atoms with Crippen LogP contribution in [-0.4, -0.2) is 5.11 Å². The van der Waals surface area contributed by atoms with Crippen LogP contribution in [0.15, 0.2) is 18.2 Å². The molecule has 62 valence electrons. The van der Waals surface area contributed by atoms with E-state index < -0.39 is 0 Å². The summed E-state index contributed by atoms with van der Waals surface area (Å²) < 4.78 is 0. The van der Waals surface area contributed by atoms with Crippen LogP contribution in [0.4, 0.5) is 5.69 Å². The molecule has 11 heavy (non-hydrogen) atoms. The number of nitrogens with two attached hydrogens (primary N) is 1. The maximum absolute atomic E-state index is 8.73. The first-order valence-electron chi connectivity index (χ1n) is 3.20. The second-order valence-electron chi connectivity index (χ2n) is 2.36. The van der Waals surface area contributed by atoms with E-state index in [0.29, 0.717) is 5.69 Å². The van der Waals surface area contributed by atoms with Gasteiger partial charge in [-0.15, -0.1) is 12.4 Å². The molecule has 1 aromatic rings. The molecule has 0 bridgehead atoms. The van der Waals surface area contributed by atoms with E-state index in [1.165, 1.54) is 0 Å². The van der Waals surface area contributed by atoms with Crippen molar-refractivity contribution in [2.45, 2.75) is 13.5 Å². The number of aliphatic hydroxyl groups is 1. The van der Waals surface area contributed by atoms with Crippen molar-refractivity contribution in [3.05, 3.63) is 29.3 Å². The second kappa shape index (κ2) is 4.21. The van der Waals surface area contributed by atoms with Gasteiger partial charge in [0.05, 0.1) is 6.61 Å². The van der Waals surface area contributed by atoms with Gasteiger partial charge in [0.1, 0.15) is 0 Å². The van der Waals surface area contributed by atoms with Crippen LogP contribution in [0.5, 0.6) is 0 Å². The molecule has 0 unspecified atom stereocenters. The van der Waals surface area contributed by atoms with Crippen LogP contribution < -0.4 is 5.73 Å². The Morgan fingerprint density at radius 3 is 2.55 bits per heavy atom. The number of anilines is 1. The van der Waals surface area contributed by atoms with E-state index in [0.717, 1.165) is 11.1 Å². The lowest BCUT2D eigenvalue weighted by Gasteiger charge is -2.01. The molecule has 0 fully saturated rings. The molecule has 0 atom stereocenters. The van der Waals surface area contributed by atoms with Crippen molar-refractivity contribution in [1.29, 1.82) is 0 Å². The summed E-state index contributed by atoms with van der Waals surface area (Å²) in [6.07, 6.45) is 0. The molecule has 0 saturated heterocycles. The predicted molar refractivity (Wildman–Crippen MR) is 48.8 cm³/mol. The van der Waals surface area contributed by atoms with Crippen LogP contribution in [0.25, 0.3) is 0 Å². The third kappa shape index (κ3) is 2.41. The lowest BCUT2D eigenvalue weighted by molar-refractivity contribution is 0.282. The summed E-state index contributed by atoms with van der Waals surface area (Å²) in [4.78, 5) is 0. The highest BCUT2D eigenvalue weighted by Gasteiger charge is 1.94. The fourth-order valence-electron chi connectivity index (χ4n) is 0.858. The molecule has 0 amide bonds. The van der Waals surface area contributed by atoms with Crippen LogP contribution in [0.3, 0.4) is 0 Å². The minimum atomic E-state index is 0.